The molecule has 1 aromatic rings. The van der Waals surface area contributed by atoms with Gasteiger partial charge in [0.2, 0.25) is 5.91 Å². The summed E-state index contributed by atoms with van der Waals surface area (Å²) < 4.78 is 5.29. The van der Waals surface area contributed by atoms with Gasteiger partial charge in [0.05, 0.1) is 7.11 Å². The molecule has 1 fully saturated rings. The second kappa shape index (κ2) is 5.41. The Morgan fingerprint density at radius 2 is 2.35 bits per heavy atom. The Kier molecular flexibility index (Phi) is 3.89. The summed E-state index contributed by atoms with van der Waals surface area (Å²) in [4.78, 5) is 11.7. The van der Waals surface area contributed by atoms with Crippen LogP contribution in [0.25, 0.3) is 0 Å². The third-order valence-corrected chi connectivity index (χ3v) is 3.34. The van der Waals surface area contributed by atoms with Crippen LogP contribution in [-0.4, -0.2) is 19.6 Å². The van der Waals surface area contributed by atoms with Gasteiger partial charge in [-0.2, -0.15) is 0 Å². The number of hydrogen-bond acceptors (Lipinski definition) is 2. The number of rotatable bonds is 3. The third-order valence-electron chi connectivity index (χ3n) is 3.11. The molecule has 3 nitrogen and oxygen atoms in total. The minimum absolute atomic E-state index is 0.0381. The van der Waals surface area contributed by atoms with Crippen molar-refractivity contribution in [3.05, 3.63) is 28.8 Å². The van der Waals surface area contributed by atoms with Crippen molar-refractivity contribution >= 4 is 17.5 Å². The van der Waals surface area contributed by atoms with Crippen LogP contribution in [0.3, 0.4) is 0 Å². The average Bonchev–Trinajstić information content (AvgIpc) is 2.32. The van der Waals surface area contributed by atoms with Crippen LogP contribution in [0.5, 0.6) is 5.75 Å². The highest BCUT2D eigenvalue weighted by Gasteiger charge is 2.23. The van der Waals surface area contributed by atoms with Crippen molar-refractivity contribution in [2.45, 2.75) is 19.3 Å². The zero-order valence-electron chi connectivity index (χ0n) is 9.83. The second-order valence-corrected chi connectivity index (χ2v) is 4.73. The molecular weight excluding hydrogens is 238 g/mol. The lowest BCUT2D eigenvalue weighted by Gasteiger charge is -2.22. The fourth-order valence-electron chi connectivity index (χ4n) is 2.20. The number of piperidine rings is 1. The molecule has 1 atom stereocenters. The van der Waals surface area contributed by atoms with Crippen molar-refractivity contribution in [1.29, 1.82) is 0 Å². The van der Waals surface area contributed by atoms with E-state index >= 15 is 0 Å². The SMILES string of the molecule is COc1ccc(Cl)cc1CC1CCCNC1=O. The molecule has 1 aromatic carbocycles. The van der Waals surface area contributed by atoms with Crippen LogP contribution in [0.15, 0.2) is 18.2 Å². The predicted octanol–water partition coefficient (Wildman–Crippen LogP) is 2.42. The maximum Gasteiger partial charge on any atom is 0.223 e. The van der Waals surface area contributed by atoms with Crippen molar-refractivity contribution in [3.8, 4) is 5.75 Å². The quantitative estimate of drug-likeness (QED) is 0.899. The number of methoxy groups -OCH3 is 1. The van der Waals surface area contributed by atoms with Crippen molar-refractivity contribution in [2.24, 2.45) is 5.92 Å². The van der Waals surface area contributed by atoms with E-state index < -0.39 is 0 Å². The zero-order valence-corrected chi connectivity index (χ0v) is 10.6. The van der Waals surface area contributed by atoms with Gasteiger partial charge in [-0.15, -0.1) is 0 Å². The molecule has 1 aliphatic heterocycles. The number of hydrogen-bond donors (Lipinski definition) is 1. The van der Waals surface area contributed by atoms with Crippen LogP contribution in [0.4, 0.5) is 0 Å². The van der Waals surface area contributed by atoms with Crippen molar-refractivity contribution < 1.29 is 9.53 Å². The number of benzene rings is 1. The van der Waals surface area contributed by atoms with Gasteiger partial charge in [0.15, 0.2) is 0 Å². The lowest BCUT2D eigenvalue weighted by atomic mass is 9.91. The molecule has 0 bridgehead atoms. The van der Waals surface area contributed by atoms with Crippen molar-refractivity contribution in [1.82, 2.24) is 5.32 Å². The summed E-state index contributed by atoms with van der Waals surface area (Å²) in [5, 5.41) is 3.57. The van der Waals surface area contributed by atoms with Gasteiger partial charge >= 0.3 is 0 Å². The molecule has 0 aromatic heterocycles. The van der Waals surface area contributed by atoms with Gasteiger partial charge in [-0.1, -0.05) is 11.6 Å². The standard InChI is InChI=1S/C13H16ClNO2/c1-17-12-5-4-11(14)8-10(12)7-9-3-2-6-15-13(9)16/h4-5,8-9H,2-3,6-7H2,1H3,(H,15,16). The summed E-state index contributed by atoms with van der Waals surface area (Å²) >= 11 is 5.97. The number of amides is 1. The monoisotopic (exact) mass is 253 g/mol. The Morgan fingerprint density at radius 1 is 1.53 bits per heavy atom. The Morgan fingerprint density at radius 3 is 3.06 bits per heavy atom. The molecule has 2 rings (SSSR count). The minimum atomic E-state index is 0.0381. The fraction of sp³-hybridized carbons (Fsp3) is 0.462. The Hall–Kier alpha value is -1.22. The highest BCUT2D eigenvalue weighted by atomic mass is 35.5. The lowest BCUT2D eigenvalue weighted by Crippen LogP contribution is -2.37. The molecule has 17 heavy (non-hydrogen) atoms. The van der Waals surface area contributed by atoms with E-state index in [-0.39, 0.29) is 11.8 Å². The van der Waals surface area contributed by atoms with E-state index in [9.17, 15) is 4.79 Å². The molecule has 1 unspecified atom stereocenters. The van der Waals surface area contributed by atoms with Crippen LogP contribution in [0.2, 0.25) is 5.02 Å². The average molecular weight is 254 g/mol. The minimum Gasteiger partial charge on any atom is -0.496 e. The Balaban J connectivity index is 2.16. The molecule has 0 radical (unpaired) electrons. The molecule has 4 heteroatoms. The molecule has 1 heterocycles. The van der Waals surface area contributed by atoms with Gasteiger partial charge in [-0.05, 0) is 43.0 Å². The van der Waals surface area contributed by atoms with Crippen LogP contribution in [0, 0.1) is 5.92 Å². The first-order chi connectivity index (χ1) is 8.20. The first-order valence-electron chi connectivity index (χ1n) is 5.81. The van der Waals surface area contributed by atoms with Gasteiger partial charge in [0.25, 0.3) is 0 Å². The lowest BCUT2D eigenvalue weighted by molar-refractivity contribution is -0.126. The van der Waals surface area contributed by atoms with E-state index in [0.717, 1.165) is 30.7 Å². The number of carbonyl (C=O) groups excluding carboxylic acids is 1. The van der Waals surface area contributed by atoms with E-state index in [1.165, 1.54) is 0 Å². The Labute approximate surface area is 106 Å². The number of ether oxygens (including phenoxy) is 1. The van der Waals surface area contributed by atoms with Crippen LogP contribution in [0.1, 0.15) is 18.4 Å². The normalized spacial score (nSPS) is 19.9. The first kappa shape index (κ1) is 12.2. The topological polar surface area (TPSA) is 38.3 Å². The summed E-state index contributed by atoms with van der Waals surface area (Å²) in [7, 11) is 1.63. The van der Waals surface area contributed by atoms with E-state index in [1.54, 1.807) is 13.2 Å². The van der Waals surface area contributed by atoms with Gasteiger partial charge in [0, 0.05) is 17.5 Å². The van der Waals surface area contributed by atoms with Gasteiger partial charge in [0.1, 0.15) is 5.75 Å². The first-order valence-corrected chi connectivity index (χ1v) is 6.18. The molecule has 1 saturated heterocycles. The highest BCUT2D eigenvalue weighted by molar-refractivity contribution is 6.30. The molecule has 0 aliphatic carbocycles. The summed E-state index contributed by atoms with van der Waals surface area (Å²) in [5.41, 5.74) is 1.00. The van der Waals surface area contributed by atoms with E-state index in [1.807, 2.05) is 12.1 Å². The van der Waals surface area contributed by atoms with Crippen LogP contribution < -0.4 is 10.1 Å². The smallest absolute Gasteiger partial charge is 0.223 e. The maximum atomic E-state index is 11.7. The molecular formula is C13H16ClNO2. The number of halogens is 1. The third kappa shape index (κ3) is 2.91. The van der Waals surface area contributed by atoms with Crippen LogP contribution in [-0.2, 0) is 11.2 Å². The largest absolute Gasteiger partial charge is 0.496 e. The summed E-state index contributed by atoms with van der Waals surface area (Å²) in [6.45, 7) is 0.794. The van der Waals surface area contributed by atoms with E-state index in [4.69, 9.17) is 16.3 Å². The Bertz CT molecular complexity index is 420. The zero-order chi connectivity index (χ0) is 12.3. The highest BCUT2D eigenvalue weighted by Crippen LogP contribution is 2.27. The number of carbonyl (C=O) groups is 1. The summed E-state index contributed by atoms with van der Waals surface area (Å²) in [6, 6.07) is 5.52. The summed E-state index contributed by atoms with van der Waals surface area (Å²) in [5.74, 6) is 0.974. The summed E-state index contributed by atoms with van der Waals surface area (Å²) in [6.07, 6.45) is 2.66. The van der Waals surface area contributed by atoms with Crippen molar-refractivity contribution in [3.63, 3.8) is 0 Å². The van der Waals surface area contributed by atoms with Gasteiger partial charge < -0.3 is 10.1 Å². The van der Waals surface area contributed by atoms with E-state index in [2.05, 4.69) is 5.32 Å². The molecule has 1 aliphatic rings. The fourth-order valence-corrected chi connectivity index (χ4v) is 2.40. The molecule has 92 valence electrons. The number of nitrogens with one attached hydrogen (secondary N) is 1. The van der Waals surface area contributed by atoms with Crippen LogP contribution >= 0.6 is 11.6 Å². The molecule has 0 saturated carbocycles. The van der Waals surface area contributed by atoms with Crippen molar-refractivity contribution in [2.75, 3.05) is 13.7 Å². The van der Waals surface area contributed by atoms with E-state index in [0.29, 0.717) is 11.4 Å². The molecule has 0 spiro atoms. The second-order valence-electron chi connectivity index (χ2n) is 4.29. The maximum absolute atomic E-state index is 11.7. The molecule has 1 amide bonds. The predicted molar refractivity (Wildman–Crippen MR) is 67.4 cm³/mol. The molecule has 1 N–H and O–H groups in total. The van der Waals surface area contributed by atoms with Gasteiger partial charge in [-0.3, -0.25) is 4.79 Å². The van der Waals surface area contributed by atoms with Gasteiger partial charge in [-0.25, -0.2) is 0 Å².